The minimum Gasteiger partial charge on any atom is -0.491 e. The summed E-state index contributed by atoms with van der Waals surface area (Å²) in [4.78, 5) is 2.32. The zero-order valence-corrected chi connectivity index (χ0v) is 11.9. The fourth-order valence-corrected chi connectivity index (χ4v) is 2.46. The average Bonchev–Trinajstić information content (AvgIpc) is 2.41. The summed E-state index contributed by atoms with van der Waals surface area (Å²) in [5, 5.41) is 9.26. The molecule has 1 aliphatic rings. The van der Waals surface area contributed by atoms with Crippen molar-refractivity contribution in [1.29, 1.82) is 0 Å². The van der Waals surface area contributed by atoms with Crippen molar-refractivity contribution in [3.63, 3.8) is 0 Å². The third-order valence-corrected chi connectivity index (χ3v) is 3.60. The van der Waals surface area contributed by atoms with Crippen molar-refractivity contribution >= 4 is 15.9 Å². The molecule has 1 fully saturated rings. The summed E-state index contributed by atoms with van der Waals surface area (Å²) < 4.78 is 12.0. The molecule has 0 saturated carbocycles. The maximum atomic E-state index is 9.26. The van der Waals surface area contributed by atoms with E-state index in [9.17, 15) is 5.11 Å². The van der Waals surface area contributed by atoms with E-state index in [2.05, 4.69) is 20.8 Å². The number of aliphatic hydroxyl groups excluding tert-OH is 1. The van der Waals surface area contributed by atoms with Crippen LogP contribution < -0.4 is 4.74 Å². The number of rotatable bonds is 5. The van der Waals surface area contributed by atoms with Crippen LogP contribution in [0.15, 0.2) is 22.7 Å². The van der Waals surface area contributed by atoms with E-state index in [1.807, 2.05) is 18.2 Å². The molecule has 1 saturated heterocycles. The Morgan fingerprint density at radius 2 is 2.11 bits per heavy atom. The minimum absolute atomic E-state index is 0.00761. The van der Waals surface area contributed by atoms with Crippen LogP contribution in [0.2, 0.25) is 0 Å². The number of para-hydroxylation sites is 1. The highest BCUT2D eigenvalue weighted by molar-refractivity contribution is 9.10. The number of ether oxygens (including phenoxy) is 2. The minimum atomic E-state index is -0.00761. The van der Waals surface area contributed by atoms with Gasteiger partial charge in [-0.25, -0.2) is 0 Å². The van der Waals surface area contributed by atoms with Gasteiger partial charge in [-0.2, -0.15) is 0 Å². The Kier molecular flexibility index (Phi) is 5.44. The molecule has 1 N–H and O–H groups in total. The summed E-state index contributed by atoms with van der Waals surface area (Å²) in [6, 6.07) is 5.68. The first-order valence-corrected chi connectivity index (χ1v) is 6.91. The van der Waals surface area contributed by atoms with Gasteiger partial charge in [-0.1, -0.05) is 12.1 Å². The molecule has 0 unspecified atom stereocenters. The summed E-state index contributed by atoms with van der Waals surface area (Å²) in [7, 11) is 0. The molecular weight excluding hydrogens is 298 g/mol. The monoisotopic (exact) mass is 315 g/mol. The van der Waals surface area contributed by atoms with Gasteiger partial charge in [0, 0.05) is 25.2 Å². The van der Waals surface area contributed by atoms with Crippen LogP contribution in [0.3, 0.4) is 0 Å². The summed E-state index contributed by atoms with van der Waals surface area (Å²) in [6.07, 6.45) is 0. The lowest BCUT2D eigenvalue weighted by Crippen LogP contribution is -2.38. The first kappa shape index (κ1) is 13.8. The van der Waals surface area contributed by atoms with Gasteiger partial charge < -0.3 is 14.6 Å². The Morgan fingerprint density at radius 1 is 1.33 bits per heavy atom. The topological polar surface area (TPSA) is 41.9 Å². The largest absolute Gasteiger partial charge is 0.491 e. The van der Waals surface area contributed by atoms with Gasteiger partial charge in [0.2, 0.25) is 0 Å². The fourth-order valence-electron chi connectivity index (χ4n) is 1.94. The molecule has 0 aromatic heterocycles. The van der Waals surface area contributed by atoms with Gasteiger partial charge in [-0.3, -0.25) is 4.90 Å². The first-order valence-electron chi connectivity index (χ1n) is 6.12. The van der Waals surface area contributed by atoms with Crippen molar-refractivity contribution in [2.45, 2.75) is 6.61 Å². The van der Waals surface area contributed by atoms with Gasteiger partial charge in [0.15, 0.2) is 0 Å². The van der Waals surface area contributed by atoms with Crippen LogP contribution in [0.5, 0.6) is 5.75 Å². The van der Waals surface area contributed by atoms with Gasteiger partial charge in [-0.05, 0) is 22.0 Å². The highest BCUT2D eigenvalue weighted by atomic mass is 79.9. The lowest BCUT2D eigenvalue weighted by Gasteiger charge is -2.26. The maximum absolute atomic E-state index is 9.26. The number of nitrogens with zero attached hydrogens (tertiary/aromatic N) is 1. The van der Waals surface area contributed by atoms with E-state index < -0.39 is 0 Å². The Morgan fingerprint density at radius 3 is 2.83 bits per heavy atom. The van der Waals surface area contributed by atoms with E-state index in [-0.39, 0.29) is 6.61 Å². The van der Waals surface area contributed by atoms with Crippen LogP contribution >= 0.6 is 15.9 Å². The van der Waals surface area contributed by atoms with Crippen LogP contribution in [0.1, 0.15) is 5.56 Å². The first-order chi connectivity index (χ1) is 8.81. The maximum Gasteiger partial charge on any atom is 0.139 e. The van der Waals surface area contributed by atoms with Crippen LogP contribution in [0.4, 0.5) is 0 Å². The second-order valence-corrected chi connectivity index (χ2v) is 5.04. The van der Waals surface area contributed by atoms with Gasteiger partial charge in [-0.15, -0.1) is 0 Å². The normalized spacial score (nSPS) is 16.8. The molecule has 5 heteroatoms. The zero-order valence-electron chi connectivity index (χ0n) is 10.3. The molecule has 100 valence electrons. The average molecular weight is 316 g/mol. The number of hydrogen-bond acceptors (Lipinski definition) is 4. The van der Waals surface area contributed by atoms with Gasteiger partial charge in [0.1, 0.15) is 12.4 Å². The van der Waals surface area contributed by atoms with E-state index in [0.29, 0.717) is 6.61 Å². The standard InChI is InChI=1S/C13H18BrNO3/c14-12-3-1-2-11(10-16)13(12)18-9-6-15-4-7-17-8-5-15/h1-3,16H,4-10H2. The fraction of sp³-hybridized carbons (Fsp3) is 0.538. The molecule has 0 atom stereocenters. The third kappa shape index (κ3) is 3.68. The number of benzene rings is 1. The molecule has 0 spiro atoms. The van der Waals surface area contributed by atoms with Crippen molar-refractivity contribution in [3.05, 3.63) is 28.2 Å². The summed E-state index contributed by atoms with van der Waals surface area (Å²) in [5.41, 5.74) is 0.811. The molecule has 1 aromatic rings. The van der Waals surface area contributed by atoms with Crippen molar-refractivity contribution in [2.75, 3.05) is 39.5 Å². The molecule has 1 aromatic carbocycles. The zero-order chi connectivity index (χ0) is 12.8. The van der Waals surface area contributed by atoms with Crippen molar-refractivity contribution in [1.82, 2.24) is 4.90 Å². The lowest BCUT2D eigenvalue weighted by molar-refractivity contribution is 0.0321. The molecular formula is C13H18BrNO3. The van der Waals surface area contributed by atoms with Gasteiger partial charge in [0.25, 0.3) is 0 Å². The molecule has 0 radical (unpaired) electrons. The van der Waals surface area contributed by atoms with Crippen molar-refractivity contribution in [3.8, 4) is 5.75 Å². The summed E-state index contributed by atoms with van der Waals surface area (Å²) >= 11 is 3.44. The Bertz CT molecular complexity index is 380. The highest BCUT2D eigenvalue weighted by Gasteiger charge is 2.11. The van der Waals surface area contributed by atoms with Crippen molar-refractivity contribution in [2.24, 2.45) is 0 Å². The van der Waals surface area contributed by atoms with E-state index >= 15 is 0 Å². The quantitative estimate of drug-likeness (QED) is 0.897. The summed E-state index contributed by atoms with van der Waals surface area (Å²) in [6.45, 7) is 5.03. The molecule has 4 nitrogen and oxygen atoms in total. The number of aliphatic hydroxyl groups is 1. The van der Waals surface area contributed by atoms with E-state index in [1.54, 1.807) is 0 Å². The summed E-state index contributed by atoms with van der Waals surface area (Å²) in [5.74, 6) is 0.744. The van der Waals surface area contributed by atoms with Crippen LogP contribution in [0, 0.1) is 0 Å². The van der Waals surface area contributed by atoms with E-state index in [0.717, 1.165) is 48.6 Å². The molecule has 0 amide bonds. The SMILES string of the molecule is OCc1cccc(Br)c1OCCN1CCOCC1. The number of halogens is 1. The van der Waals surface area contributed by atoms with Crippen molar-refractivity contribution < 1.29 is 14.6 Å². The molecule has 0 aliphatic carbocycles. The van der Waals surface area contributed by atoms with E-state index in [4.69, 9.17) is 9.47 Å². The Hall–Kier alpha value is -0.620. The van der Waals surface area contributed by atoms with Gasteiger partial charge >= 0.3 is 0 Å². The smallest absolute Gasteiger partial charge is 0.139 e. The molecule has 2 rings (SSSR count). The molecule has 0 bridgehead atoms. The van der Waals surface area contributed by atoms with Crippen LogP contribution in [0.25, 0.3) is 0 Å². The predicted octanol–water partition coefficient (Wildman–Crippen LogP) is 1.65. The highest BCUT2D eigenvalue weighted by Crippen LogP contribution is 2.29. The lowest BCUT2D eigenvalue weighted by atomic mass is 10.2. The Labute approximate surface area is 116 Å². The van der Waals surface area contributed by atoms with Crippen LogP contribution in [-0.2, 0) is 11.3 Å². The second kappa shape index (κ2) is 7.09. The predicted molar refractivity (Wildman–Crippen MR) is 72.8 cm³/mol. The molecule has 1 aliphatic heterocycles. The van der Waals surface area contributed by atoms with E-state index in [1.165, 1.54) is 0 Å². The molecule has 1 heterocycles. The van der Waals surface area contributed by atoms with Gasteiger partial charge in [0.05, 0.1) is 24.3 Å². The Balaban J connectivity index is 1.85. The van der Waals surface area contributed by atoms with Crippen LogP contribution in [-0.4, -0.2) is 49.5 Å². The molecule has 18 heavy (non-hydrogen) atoms. The number of morpholine rings is 1. The number of hydrogen-bond donors (Lipinski definition) is 1. The second-order valence-electron chi connectivity index (χ2n) is 4.19. The third-order valence-electron chi connectivity index (χ3n) is 2.98.